The second-order valence-electron chi connectivity index (χ2n) is 5.64. The third kappa shape index (κ3) is 4.20. The van der Waals surface area contributed by atoms with Crippen molar-refractivity contribution in [2.75, 3.05) is 0 Å². The summed E-state index contributed by atoms with van der Waals surface area (Å²) < 4.78 is 0. The summed E-state index contributed by atoms with van der Waals surface area (Å²) in [7, 11) is 0. The van der Waals surface area contributed by atoms with Gasteiger partial charge < -0.3 is 11.1 Å². The second-order valence-corrected chi connectivity index (χ2v) is 5.64. The van der Waals surface area contributed by atoms with E-state index in [1.54, 1.807) is 19.1 Å². The molecule has 0 fully saturated rings. The summed E-state index contributed by atoms with van der Waals surface area (Å²) in [5.74, 6) is -1.38. The zero-order valence-electron chi connectivity index (χ0n) is 13.4. The Bertz CT molecular complexity index is 748. The van der Waals surface area contributed by atoms with Gasteiger partial charge in [0.2, 0.25) is 5.91 Å². The van der Waals surface area contributed by atoms with Crippen molar-refractivity contribution in [2.45, 2.75) is 19.4 Å². The zero-order chi connectivity index (χ0) is 17.5. The molecule has 0 radical (unpaired) electrons. The number of hydrogen-bond donors (Lipinski definition) is 2. The number of nitrogens with zero attached hydrogens (tertiary/aromatic N) is 1. The lowest BCUT2D eigenvalue weighted by atomic mass is 9.97. The summed E-state index contributed by atoms with van der Waals surface area (Å²) in [6, 6.07) is 18.0. The average molecular weight is 321 g/mol. The number of rotatable bonds is 6. The summed E-state index contributed by atoms with van der Waals surface area (Å²) in [5.41, 5.74) is 7.82. The summed E-state index contributed by atoms with van der Waals surface area (Å²) in [4.78, 5) is 23.8. The van der Waals surface area contributed by atoms with Crippen molar-refractivity contribution >= 4 is 11.8 Å². The van der Waals surface area contributed by atoms with Gasteiger partial charge >= 0.3 is 0 Å². The van der Waals surface area contributed by atoms with E-state index in [1.165, 1.54) is 0 Å². The highest BCUT2D eigenvalue weighted by Crippen LogP contribution is 2.19. The van der Waals surface area contributed by atoms with Crippen molar-refractivity contribution in [3.8, 4) is 17.2 Å². The Morgan fingerprint density at radius 3 is 2.21 bits per heavy atom. The molecule has 0 aliphatic heterocycles. The van der Waals surface area contributed by atoms with E-state index in [0.29, 0.717) is 5.56 Å². The lowest BCUT2D eigenvalue weighted by Gasteiger charge is -2.20. The first-order valence-electron chi connectivity index (χ1n) is 7.65. The molecule has 0 unspecified atom stereocenters. The minimum atomic E-state index is -0.869. The van der Waals surface area contributed by atoms with Gasteiger partial charge in [-0.2, -0.15) is 5.26 Å². The molecule has 5 nitrogen and oxygen atoms in total. The van der Waals surface area contributed by atoms with Crippen LogP contribution in [0.25, 0.3) is 11.1 Å². The van der Waals surface area contributed by atoms with Crippen LogP contribution in [-0.2, 0) is 4.79 Å². The molecule has 24 heavy (non-hydrogen) atoms. The molecule has 2 aromatic carbocycles. The molecule has 0 aliphatic carbocycles. The lowest BCUT2D eigenvalue weighted by molar-refractivity contribution is -0.120. The molecular formula is C19H19N3O2. The molecule has 2 aromatic rings. The van der Waals surface area contributed by atoms with E-state index in [9.17, 15) is 9.59 Å². The minimum Gasteiger partial charge on any atom is -0.368 e. The Balaban J connectivity index is 2.12. The molecule has 0 bridgehead atoms. The molecule has 0 saturated heterocycles. The highest BCUT2D eigenvalue weighted by molar-refractivity contribution is 5.97. The van der Waals surface area contributed by atoms with Gasteiger partial charge in [0.15, 0.2) is 0 Å². The monoisotopic (exact) mass is 321 g/mol. The number of amides is 2. The van der Waals surface area contributed by atoms with Gasteiger partial charge in [-0.3, -0.25) is 9.59 Å². The van der Waals surface area contributed by atoms with E-state index < -0.39 is 11.9 Å². The molecule has 2 atom stereocenters. The van der Waals surface area contributed by atoms with Crippen LogP contribution in [0.15, 0.2) is 54.6 Å². The summed E-state index contributed by atoms with van der Waals surface area (Å²) in [6.45, 7) is 1.71. The Hall–Kier alpha value is -3.13. The molecule has 2 amide bonds. The zero-order valence-corrected chi connectivity index (χ0v) is 13.4. The van der Waals surface area contributed by atoms with Crippen LogP contribution in [0.3, 0.4) is 0 Å². The predicted octanol–water partition coefficient (Wildman–Crippen LogP) is 2.49. The fourth-order valence-corrected chi connectivity index (χ4v) is 2.42. The largest absolute Gasteiger partial charge is 0.368 e. The Labute approximate surface area is 141 Å². The molecule has 2 rings (SSSR count). The minimum absolute atomic E-state index is 0.140. The Morgan fingerprint density at radius 1 is 1.08 bits per heavy atom. The standard InChI is InChI=1S/C19H19N3O2/c1-13(11-12-20)17(18(21)23)22-19(24)16-9-7-15(8-10-16)14-5-3-2-4-6-14/h2-10,13,17H,11H2,1H3,(H2,21,23)(H,22,24)/t13-,17-/m0/s1. The smallest absolute Gasteiger partial charge is 0.251 e. The van der Waals surface area contributed by atoms with Gasteiger partial charge in [0.1, 0.15) is 6.04 Å². The Morgan fingerprint density at radius 2 is 1.67 bits per heavy atom. The molecule has 0 aromatic heterocycles. The fraction of sp³-hybridized carbons (Fsp3) is 0.211. The number of carbonyl (C=O) groups excluding carboxylic acids is 2. The topological polar surface area (TPSA) is 96.0 Å². The van der Waals surface area contributed by atoms with Crippen molar-refractivity contribution in [3.63, 3.8) is 0 Å². The maximum Gasteiger partial charge on any atom is 0.251 e. The van der Waals surface area contributed by atoms with E-state index in [2.05, 4.69) is 5.32 Å². The van der Waals surface area contributed by atoms with Crippen LogP contribution < -0.4 is 11.1 Å². The van der Waals surface area contributed by atoms with Crippen molar-refractivity contribution in [3.05, 3.63) is 60.2 Å². The summed E-state index contributed by atoms with van der Waals surface area (Å²) in [5, 5.41) is 11.4. The maximum atomic E-state index is 12.3. The molecule has 5 heteroatoms. The van der Waals surface area contributed by atoms with Crippen molar-refractivity contribution in [1.82, 2.24) is 5.32 Å². The van der Waals surface area contributed by atoms with E-state index in [0.717, 1.165) is 11.1 Å². The van der Waals surface area contributed by atoms with E-state index in [-0.39, 0.29) is 18.2 Å². The van der Waals surface area contributed by atoms with Crippen LogP contribution in [0.4, 0.5) is 0 Å². The average Bonchev–Trinajstić information content (AvgIpc) is 2.60. The van der Waals surface area contributed by atoms with Gasteiger partial charge in [0, 0.05) is 12.0 Å². The quantitative estimate of drug-likeness (QED) is 0.855. The first-order chi connectivity index (χ1) is 11.5. The normalized spacial score (nSPS) is 12.7. The molecule has 3 N–H and O–H groups in total. The van der Waals surface area contributed by atoms with Gasteiger partial charge in [0.25, 0.3) is 5.91 Å². The first kappa shape index (κ1) is 17.2. The maximum absolute atomic E-state index is 12.3. The van der Waals surface area contributed by atoms with Gasteiger partial charge in [-0.1, -0.05) is 49.4 Å². The number of nitrogens with one attached hydrogen (secondary N) is 1. The molecule has 0 heterocycles. The number of hydrogen-bond acceptors (Lipinski definition) is 3. The number of benzene rings is 2. The van der Waals surface area contributed by atoms with Crippen LogP contribution in [0.1, 0.15) is 23.7 Å². The third-order valence-corrected chi connectivity index (χ3v) is 3.83. The van der Waals surface area contributed by atoms with Gasteiger partial charge in [-0.05, 0) is 29.2 Å². The lowest BCUT2D eigenvalue weighted by Crippen LogP contribution is -2.48. The van der Waals surface area contributed by atoms with Gasteiger partial charge in [-0.15, -0.1) is 0 Å². The second kappa shape index (κ2) is 7.93. The Kier molecular flexibility index (Phi) is 5.69. The molecule has 0 aliphatic rings. The van der Waals surface area contributed by atoms with Crippen LogP contribution in [0.5, 0.6) is 0 Å². The van der Waals surface area contributed by atoms with Crippen molar-refractivity contribution < 1.29 is 9.59 Å². The predicted molar refractivity (Wildman–Crippen MR) is 91.7 cm³/mol. The molecule has 122 valence electrons. The van der Waals surface area contributed by atoms with Crippen molar-refractivity contribution in [2.24, 2.45) is 11.7 Å². The third-order valence-electron chi connectivity index (χ3n) is 3.83. The van der Waals surface area contributed by atoms with Crippen LogP contribution >= 0.6 is 0 Å². The van der Waals surface area contributed by atoms with Crippen LogP contribution in [-0.4, -0.2) is 17.9 Å². The summed E-state index contributed by atoms with van der Waals surface area (Å²) in [6.07, 6.45) is 0.140. The van der Waals surface area contributed by atoms with Gasteiger partial charge in [0.05, 0.1) is 6.07 Å². The molecule has 0 spiro atoms. The SMILES string of the molecule is C[C@@H](CC#N)[C@H](NC(=O)c1ccc(-c2ccccc2)cc1)C(N)=O. The number of nitriles is 1. The number of carbonyl (C=O) groups is 2. The van der Waals surface area contributed by atoms with Crippen molar-refractivity contribution in [1.29, 1.82) is 5.26 Å². The summed E-state index contributed by atoms with van der Waals surface area (Å²) >= 11 is 0. The van der Waals surface area contributed by atoms with Crippen LogP contribution in [0, 0.1) is 17.2 Å². The first-order valence-corrected chi connectivity index (χ1v) is 7.65. The fourth-order valence-electron chi connectivity index (χ4n) is 2.42. The van der Waals surface area contributed by atoms with E-state index in [4.69, 9.17) is 11.0 Å². The highest BCUT2D eigenvalue weighted by atomic mass is 16.2. The van der Waals surface area contributed by atoms with E-state index in [1.807, 2.05) is 48.5 Å². The number of primary amides is 1. The van der Waals surface area contributed by atoms with Crippen LogP contribution in [0.2, 0.25) is 0 Å². The van der Waals surface area contributed by atoms with E-state index >= 15 is 0 Å². The molecule has 0 saturated carbocycles. The van der Waals surface area contributed by atoms with Gasteiger partial charge in [-0.25, -0.2) is 0 Å². The number of nitrogens with two attached hydrogens (primary N) is 1. The highest BCUT2D eigenvalue weighted by Gasteiger charge is 2.25. The molecular weight excluding hydrogens is 302 g/mol.